The number of hydrogen-bond donors (Lipinski definition) is 0. The highest BCUT2D eigenvalue weighted by Gasteiger charge is 2.35. The van der Waals surface area contributed by atoms with Gasteiger partial charge in [-0.25, -0.2) is 9.97 Å². The van der Waals surface area contributed by atoms with E-state index in [0.29, 0.717) is 25.3 Å². The van der Waals surface area contributed by atoms with Crippen LogP contribution in [0.25, 0.3) is 22.5 Å². The summed E-state index contributed by atoms with van der Waals surface area (Å²) in [5.74, 6) is 2.57. The number of piperidine rings is 1. The van der Waals surface area contributed by atoms with Crippen molar-refractivity contribution in [3.05, 3.63) is 90.5 Å². The first-order valence-corrected chi connectivity index (χ1v) is 12.6. The van der Waals surface area contributed by atoms with Crippen molar-refractivity contribution in [1.29, 1.82) is 0 Å². The molecule has 1 fully saturated rings. The summed E-state index contributed by atoms with van der Waals surface area (Å²) in [7, 11) is 1.67. The lowest BCUT2D eigenvalue weighted by Crippen LogP contribution is -2.45. The third kappa shape index (κ3) is 4.65. The van der Waals surface area contributed by atoms with Crippen LogP contribution in [0.5, 0.6) is 11.5 Å². The van der Waals surface area contributed by atoms with Crippen LogP contribution >= 0.6 is 0 Å². The van der Waals surface area contributed by atoms with Gasteiger partial charge in [-0.2, -0.15) is 0 Å². The normalized spacial score (nSPS) is 17.2. The molecule has 2 aliphatic rings. The SMILES string of the molecule is COc1cccc(-c2cnc(-c3ccncc3)nc2C2CCN(C(=O)[C@H]3Cc4ccccc4O3)CC2)c1. The van der Waals surface area contributed by atoms with E-state index in [9.17, 15) is 4.79 Å². The monoisotopic (exact) mass is 492 g/mol. The van der Waals surface area contributed by atoms with Gasteiger partial charge >= 0.3 is 0 Å². The summed E-state index contributed by atoms with van der Waals surface area (Å²) in [6.45, 7) is 1.34. The maximum Gasteiger partial charge on any atom is 0.263 e. The molecule has 4 aromatic rings. The van der Waals surface area contributed by atoms with Crippen LogP contribution in [0, 0.1) is 0 Å². The second kappa shape index (κ2) is 10.0. The smallest absolute Gasteiger partial charge is 0.263 e. The van der Waals surface area contributed by atoms with Crippen molar-refractivity contribution in [3.8, 4) is 34.0 Å². The fourth-order valence-electron chi connectivity index (χ4n) is 5.26. The molecule has 2 aromatic carbocycles. The molecule has 0 spiro atoms. The van der Waals surface area contributed by atoms with E-state index in [-0.39, 0.29) is 11.8 Å². The lowest BCUT2D eigenvalue weighted by molar-refractivity contribution is -0.139. The summed E-state index contributed by atoms with van der Waals surface area (Å²) in [4.78, 5) is 29.1. The largest absolute Gasteiger partial charge is 0.497 e. The maximum atomic E-state index is 13.3. The minimum Gasteiger partial charge on any atom is -0.497 e. The quantitative estimate of drug-likeness (QED) is 0.393. The molecule has 2 aromatic heterocycles. The number of likely N-dealkylation sites (tertiary alicyclic amines) is 1. The van der Waals surface area contributed by atoms with Crippen LogP contribution in [0.4, 0.5) is 0 Å². The Morgan fingerprint density at radius 2 is 1.81 bits per heavy atom. The van der Waals surface area contributed by atoms with Crippen molar-refractivity contribution in [3.63, 3.8) is 0 Å². The first-order chi connectivity index (χ1) is 18.2. The highest BCUT2D eigenvalue weighted by molar-refractivity contribution is 5.83. The van der Waals surface area contributed by atoms with E-state index < -0.39 is 6.10 Å². The average Bonchev–Trinajstić information content (AvgIpc) is 3.41. The van der Waals surface area contributed by atoms with E-state index in [1.54, 1.807) is 19.5 Å². The first kappa shape index (κ1) is 23.2. The number of benzene rings is 2. The maximum absolute atomic E-state index is 13.3. The summed E-state index contributed by atoms with van der Waals surface area (Å²) in [5, 5.41) is 0. The molecule has 4 heterocycles. The molecule has 0 radical (unpaired) electrons. The lowest BCUT2D eigenvalue weighted by atomic mass is 9.88. The molecule has 1 saturated heterocycles. The molecule has 0 aliphatic carbocycles. The van der Waals surface area contributed by atoms with Gasteiger partial charge in [-0.1, -0.05) is 30.3 Å². The number of aromatic nitrogens is 3. The molecule has 6 rings (SSSR count). The molecule has 7 nitrogen and oxygen atoms in total. The van der Waals surface area contributed by atoms with E-state index in [1.165, 1.54) is 0 Å². The third-order valence-corrected chi connectivity index (χ3v) is 7.25. The number of hydrogen-bond acceptors (Lipinski definition) is 6. The van der Waals surface area contributed by atoms with E-state index in [2.05, 4.69) is 11.1 Å². The summed E-state index contributed by atoms with van der Waals surface area (Å²) in [6.07, 6.45) is 7.27. The van der Waals surface area contributed by atoms with Crippen LogP contribution in [0.1, 0.15) is 30.0 Å². The minimum atomic E-state index is -0.432. The van der Waals surface area contributed by atoms with Gasteiger partial charge in [-0.15, -0.1) is 0 Å². The number of pyridine rings is 1. The zero-order valence-corrected chi connectivity index (χ0v) is 20.7. The number of amides is 1. The molecule has 0 N–H and O–H groups in total. The molecule has 0 bridgehead atoms. The molecule has 0 unspecified atom stereocenters. The Labute approximate surface area is 216 Å². The van der Waals surface area contributed by atoms with Gasteiger partial charge < -0.3 is 14.4 Å². The van der Waals surface area contributed by atoms with Gasteiger partial charge in [0.1, 0.15) is 11.5 Å². The van der Waals surface area contributed by atoms with Crippen LogP contribution in [-0.2, 0) is 11.2 Å². The van der Waals surface area contributed by atoms with Crippen LogP contribution in [0.2, 0.25) is 0 Å². The highest BCUT2D eigenvalue weighted by Crippen LogP contribution is 2.37. The second-order valence-corrected chi connectivity index (χ2v) is 9.48. The van der Waals surface area contributed by atoms with Gasteiger partial charge in [-0.05, 0) is 54.3 Å². The highest BCUT2D eigenvalue weighted by atomic mass is 16.5. The van der Waals surface area contributed by atoms with Crippen molar-refractivity contribution in [2.24, 2.45) is 0 Å². The molecule has 37 heavy (non-hydrogen) atoms. The summed E-state index contributed by atoms with van der Waals surface area (Å²) >= 11 is 0. The number of nitrogens with zero attached hydrogens (tertiary/aromatic N) is 4. The Balaban J connectivity index is 1.25. The first-order valence-electron chi connectivity index (χ1n) is 12.6. The summed E-state index contributed by atoms with van der Waals surface area (Å²) < 4.78 is 11.4. The van der Waals surface area contributed by atoms with Gasteiger partial charge in [0.2, 0.25) is 0 Å². The van der Waals surface area contributed by atoms with Crippen molar-refractivity contribution in [2.45, 2.75) is 31.3 Å². The van der Waals surface area contributed by atoms with Crippen LogP contribution in [0.15, 0.2) is 79.3 Å². The Kier molecular flexibility index (Phi) is 6.26. The number of methoxy groups -OCH3 is 1. The number of fused-ring (bicyclic) bond motifs is 1. The number of carbonyl (C=O) groups is 1. The Hall–Kier alpha value is -4.26. The number of ether oxygens (including phenoxy) is 2. The fraction of sp³-hybridized carbons (Fsp3) is 0.267. The van der Waals surface area contributed by atoms with Crippen molar-refractivity contribution in [2.75, 3.05) is 20.2 Å². The molecular formula is C30H28N4O3. The Bertz CT molecular complexity index is 1390. The Morgan fingerprint density at radius 1 is 1.00 bits per heavy atom. The molecular weight excluding hydrogens is 464 g/mol. The zero-order chi connectivity index (χ0) is 25.2. The van der Waals surface area contributed by atoms with E-state index >= 15 is 0 Å². The van der Waals surface area contributed by atoms with Crippen molar-refractivity contribution < 1.29 is 14.3 Å². The average molecular weight is 493 g/mol. The van der Waals surface area contributed by atoms with Gasteiger partial charge in [0, 0.05) is 55.1 Å². The van der Waals surface area contributed by atoms with Gasteiger partial charge in [-0.3, -0.25) is 9.78 Å². The number of rotatable bonds is 5. The predicted molar refractivity (Wildman–Crippen MR) is 140 cm³/mol. The third-order valence-electron chi connectivity index (χ3n) is 7.25. The summed E-state index contributed by atoms with van der Waals surface area (Å²) in [6, 6.07) is 19.7. The molecule has 7 heteroatoms. The van der Waals surface area contributed by atoms with Crippen LogP contribution in [-0.4, -0.2) is 52.1 Å². The van der Waals surface area contributed by atoms with Gasteiger partial charge in [0.05, 0.1) is 12.8 Å². The second-order valence-electron chi connectivity index (χ2n) is 9.48. The molecule has 2 aliphatic heterocycles. The molecule has 0 saturated carbocycles. The standard InChI is InChI=1S/C30H28N4O3/c1-36-24-7-4-6-22(17-24)25-19-32-29(21-9-13-31-14-10-21)33-28(25)20-11-15-34(16-12-20)30(35)27-18-23-5-2-3-8-26(23)37-27/h2-10,13-14,17,19-20,27H,11-12,15-16,18H2,1H3/t27-/m1/s1. The zero-order valence-electron chi connectivity index (χ0n) is 20.7. The minimum absolute atomic E-state index is 0.0721. The van der Waals surface area contributed by atoms with Gasteiger partial charge in [0.25, 0.3) is 5.91 Å². The van der Waals surface area contributed by atoms with Crippen molar-refractivity contribution >= 4 is 5.91 Å². The van der Waals surface area contributed by atoms with E-state index in [1.807, 2.05) is 65.7 Å². The lowest BCUT2D eigenvalue weighted by Gasteiger charge is -2.33. The van der Waals surface area contributed by atoms with Crippen LogP contribution < -0.4 is 9.47 Å². The predicted octanol–water partition coefficient (Wildman–Crippen LogP) is 4.92. The van der Waals surface area contributed by atoms with E-state index in [4.69, 9.17) is 19.4 Å². The molecule has 186 valence electrons. The van der Waals surface area contributed by atoms with Crippen LogP contribution in [0.3, 0.4) is 0 Å². The number of carbonyl (C=O) groups excluding carboxylic acids is 1. The summed E-state index contributed by atoms with van der Waals surface area (Å²) in [5.41, 5.74) is 5.05. The van der Waals surface area contributed by atoms with Crippen molar-refractivity contribution in [1.82, 2.24) is 19.9 Å². The molecule has 1 atom stereocenters. The topological polar surface area (TPSA) is 77.4 Å². The van der Waals surface area contributed by atoms with E-state index in [0.717, 1.165) is 52.3 Å². The fourth-order valence-corrected chi connectivity index (χ4v) is 5.26. The molecule has 1 amide bonds. The number of para-hydroxylation sites is 1. The Morgan fingerprint density at radius 3 is 2.59 bits per heavy atom. The van der Waals surface area contributed by atoms with Gasteiger partial charge in [0.15, 0.2) is 11.9 Å².